The van der Waals surface area contributed by atoms with Gasteiger partial charge in [-0.1, -0.05) is 18.2 Å². The van der Waals surface area contributed by atoms with Gasteiger partial charge in [-0.05, 0) is 67.4 Å². The van der Waals surface area contributed by atoms with Crippen molar-refractivity contribution in [1.82, 2.24) is 14.5 Å². The molecular formula is C30H37N5O2S. The lowest BCUT2D eigenvalue weighted by atomic mass is 10.1. The number of pyridine rings is 1. The minimum atomic E-state index is -2.85. The maximum Gasteiger partial charge on any atom is 0.152 e. The average Bonchev–Trinajstić information content (AvgIpc) is 3.27. The normalized spacial score (nSPS) is 15.6. The number of fused-ring (bicyclic) bond motifs is 1. The summed E-state index contributed by atoms with van der Waals surface area (Å²) in [5.74, 6) is 0.549. The van der Waals surface area contributed by atoms with E-state index in [0.717, 1.165) is 58.7 Å². The fraction of sp³-hybridized carbons (Fsp3) is 0.367. The third-order valence-electron chi connectivity index (χ3n) is 7.40. The lowest BCUT2D eigenvalue weighted by Crippen LogP contribution is -2.40. The van der Waals surface area contributed by atoms with E-state index >= 15 is 0 Å². The highest BCUT2D eigenvalue weighted by molar-refractivity contribution is 7.91. The smallest absolute Gasteiger partial charge is 0.152 e. The maximum absolute atomic E-state index is 11.8. The summed E-state index contributed by atoms with van der Waals surface area (Å²) in [6.07, 6.45) is 4.12. The van der Waals surface area contributed by atoms with Crippen LogP contribution in [0.25, 0.3) is 28.0 Å². The lowest BCUT2D eigenvalue weighted by molar-refractivity contribution is 0.292. The fourth-order valence-electron chi connectivity index (χ4n) is 5.04. The molecule has 8 heteroatoms. The Hall–Kier alpha value is -3.36. The van der Waals surface area contributed by atoms with Gasteiger partial charge in [-0.25, -0.2) is 13.4 Å². The second kappa shape index (κ2) is 10.8. The van der Waals surface area contributed by atoms with Crippen LogP contribution in [-0.2, 0) is 16.3 Å². The van der Waals surface area contributed by atoms with Crippen molar-refractivity contribution in [3.05, 3.63) is 72.4 Å². The summed E-state index contributed by atoms with van der Waals surface area (Å²) in [7, 11) is 5.34. The van der Waals surface area contributed by atoms with Crippen LogP contribution in [0.2, 0.25) is 0 Å². The summed E-state index contributed by atoms with van der Waals surface area (Å²) in [4.78, 5) is 11.6. The molecular weight excluding hydrogens is 494 g/mol. The number of aromatic nitrogens is 2. The van der Waals surface area contributed by atoms with Gasteiger partial charge in [0.1, 0.15) is 5.65 Å². The van der Waals surface area contributed by atoms with Gasteiger partial charge in [0.25, 0.3) is 0 Å². The Bertz CT molecular complexity index is 1510. The SMILES string of the molecule is CN(C)c1ccc(-c2ccc3c(CCCN4CCS(=O)(=O)CC4)cn(-c4cccc(N(C)C)c4)c3n2)cc1. The van der Waals surface area contributed by atoms with E-state index in [0.29, 0.717) is 13.1 Å². The zero-order valence-corrected chi connectivity index (χ0v) is 23.6. The van der Waals surface area contributed by atoms with Crippen LogP contribution in [0, 0.1) is 0 Å². The van der Waals surface area contributed by atoms with Crippen LogP contribution in [-0.4, -0.2) is 82.2 Å². The Balaban J connectivity index is 1.47. The topological polar surface area (TPSA) is 61.7 Å². The van der Waals surface area contributed by atoms with Crippen molar-refractivity contribution < 1.29 is 8.42 Å². The molecule has 2 aromatic carbocycles. The molecule has 1 saturated heterocycles. The molecule has 0 unspecified atom stereocenters. The van der Waals surface area contributed by atoms with E-state index in [2.05, 4.69) is 100 Å². The van der Waals surface area contributed by atoms with E-state index in [-0.39, 0.29) is 11.5 Å². The van der Waals surface area contributed by atoms with Gasteiger partial charge in [0.15, 0.2) is 9.84 Å². The van der Waals surface area contributed by atoms with Gasteiger partial charge in [-0.3, -0.25) is 0 Å². The first-order valence-electron chi connectivity index (χ1n) is 13.2. The molecule has 1 aliphatic heterocycles. The molecule has 0 spiro atoms. The largest absolute Gasteiger partial charge is 0.378 e. The van der Waals surface area contributed by atoms with Gasteiger partial charge in [-0.15, -0.1) is 0 Å². The highest BCUT2D eigenvalue weighted by atomic mass is 32.2. The van der Waals surface area contributed by atoms with E-state index in [9.17, 15) is 8.42 Å². The predicted molar refractivity (Wildman–Crippen MR) is 159 cm³/mol. The molecule has 1 aliphatic rings. The molecule has 4 aromatic rings. The van der Waals surface area contributed by atoms with Crippen LogP contribution in [0.15, 0.2) is 66.9 Å². The lowest BCUT2D eigenvalue weighted by Gasteiger charge is -2.26. The van der Waals surface area contributed by atoms with Crippen LogP contribution in [0.5, 0.6) is 0 Å². The van der Waals surface area contributed by atoms with Crippen LogP contribution >= 0.6 is 0 Å². The molecule has 7 nitrogen and oxygen atoms in total. The monoisotopic (exact) mass is 531 g/mol. The van der Waals surface area contributed by atoms with E-state index in [1.165, 1.54) is 5.56 Å². The molecule has 3 heterocycles. The number of aryl methyl sites for hydroxylation is 1. The highest BCUT2D eigenvalue weighted by Crippen LogP contribution is 2.30. The van der Waals surface area contributed by atoms with Gasteiger partial charge < -0.3 is 19.3 Å². The average molecular weight is 532 g/mol. The highest BCUT2D eigenvalue weighted by Gasteiger charge is 2.21. The number of rotatable bonds is 8. The van der Waals surface area contributed by atoms with E-state index in [1.54, 1.807) is 0 Å². The van der Waals surface area contributed by atoms with Crippen molar-refractivity contribution in [1.29, 1.82) is 0 Å². The summed E-state index contributed by atoms with van der Waals surface area (Å²) in [6.45, 7) is 2.18. The van der Waals surface area contributed by atoms with Crippen molar-refractivity contribution in [2.24, 2.45) is 0 Å². The predicted octanol–water partition coefficient (Wildman–Crippen LogP) is 4.49. The molecule has 2 aromatic heterocycles. The number of hydrogen-bond donors (Lipinski definition) is 0. The van der Waals surface area contributed by atoms with E-state index in [4.69, 9.17) is 4.98 Å². The van der Waals surface area contributed by atoms with Crippen LogP contribution in [0.1, 0.15) is 12.0 Å². The Kier molecular flexibility index (Phi) is 7.45. The number of nitrogens with zero attached hydrogens (tertiary/aromatic N) is 5. The number of benzene rings is 2. The number of sulfone groups is 1. The summed E-state index contributed by atoms with van der Waals surface area (Å²) >= 11 is 0. The standard InChI is InChI=1S/C30H37N5O2S/c1-32(2)25-12-10-23(11-13-25)29-15-14-28-24(7-6-16-34-17-19-38(36,37)20-18-34)22-35(30(28)31-29)27-9-5-8-26(21-27)33(3)4/h5,8-15,21-22H,6-7,16-20H2,1-4H3. The Labute approximate surface area is 226 Å². The van der Waals surface area contributed by atoms with Crippen molar-refractivity contribution in [3.8, 4) is 16.9 Å². The van der Waals surface area contributed by atoms with E-state index in [1.807, 2.05) is 14.1 Å². The third kappa shape index (κ3) is 5.71. The van der Waals surface area contributed by atoms with E-state index < -0.39 is 9.84 Å². The van der Waals surface area contributed by atoms with Crippen molar-refractivity contribution in [2.45, 2.75) is 12.8 Å². The second-order valence-electron chi connectivity index (χ2n) is 10.5. The molecule has 0 radical (unpaired) electrons. The molecule has 0 amide bonds. The van der Waals surface area contributed by atoms with Crippen LogP contribution < -0.4 is 9.80 Å². The molecule has 0 aliphatic carbocycles. The molecule has 200 valence electrons. The summed E-state index contributed by atoms with van der Waals surface area (Å²) in [5, 5.41) is 1.16. The number of hydrogen-bond acceptors (Lipinski definition) is 6. The van der Waals surface area contributed by atoms with Gasteiger partial charge in [0, 0.05) is 75.5 Å². The minimum Gasteiger partial charge on any atom is -0.378 e. The first kappa shape index (κ1) is 26.3. The molecule has 1 fully saturated rings. The van der Waals surface area contributed by atoms with Gasteiger partial charge in [-0.2, -0.15) is 0 Å². The van der Waals surface area contributed by atoms with Crippen molar-refractivity contribution >= 4 is 32.2 Å². The van der Waals surface area contributed by atoms with Gasteiger partial charge in [0.05, 0.1) is 17.2 Å². The summed E-state index contributed by atoms with van der Waals surface area (Å²) in [6, 6.07) is 21.3. The molecule has 5 rings (SSSR count). The number of anilines is 2. The Morgan fingerprint density at radius 2 is 1.58 bits per heavy atom. The molecule has 0 saturated carbocycles. The van der Waals surface area contributed by atoms with Gasteiger partial charge in [0.2, 0.25) is 0 Å². The van der Waals surface area contributed by atoms with Gasteiger partial charge >= 0.3 is 0 Å². The summed E-state index contributed by atoms with van der Waals surface area (Å²) < 4.78 is 25.8. The molecule has 0 bridgehead atoms. The van der Waals surface area contributed by atoms with Crippen molar-refractivity contribution in [2.75, 3.05) is 69.1 Å². The first-order chi connectivity index (χ1) is 18.2. The van der Waals surface area contributed by atoms with Crippen LogP contribution in [0.4, 0.5) is 11.4 Å². The molecule has 38 heavy (non-hydrogen) atoms. The zero-order valence-electron chi connectivity index (χ0n) is 22.8. The summed E-state index contributed by atoms with van der Waals surface area (Å²) in [5.41, 5.74) is 7.65. The molecule has 0 atom stereocenters. The third-order valence-corrected chi connectivity index (χ3v) is 9.00. The first-order valence-corrected chi connectivity index (χ1v) is 15.0. The Morgan fingerprint density at radius 3 is 2.26 bits per heavy atom. The second-order valence-corrected chi connectivity index (χ2v) is 12.8. The maximum atomic E-state index is 11.8. The zero-order chi connectivity index (χ0) is 26.9. The molecule has 0 N–H and O–H groups in total. The fourth-order valence-corrected chi connectivity index (χ4v) is 6.32. The van der Waals surface area contributed by atoms with Crippen LogP contribution in [0.3, 0.4) is 0 Å². The quantitative estimate of drug-likeness (QED) is 0.334. The Morgan fingerprint density at radius 1 is 0.868 bits per heavy atom. The van der Waals surface area contributed by atoms with Crippen molar-refractivity contribution in [3.63, 3.8) is 0 Å². The minimum absolute atomic E-state index is 0.275.